The number of ether oxygens (including phenoxy) is 2. The molecule has 2 aromatic rings. The zero-order valence-corrected chi connectivity index (χ0v) is 14.7. The number of benzene rings is 2. The molecule has 0 fully saturated rings. The quantitative estimate of drug-likeness (QED) is 0.774. The van der Waals surface area contributed by atoms with Crippen LogP contribution in [0.5, 0.6) is 11.5 Å². The van der Waals surface area contributed by atoms with Gasteiger partial charge in [0.15, 0.2) is 11.5 Å². The minimum Gasteiger partial charge on any atom is -0.493 e. The summed E-state index contributed by atoms with van der Waals surface area (Å²) >= 11 is 5.77. The number of carbonyl (C=O) groups is 2. The number of nitrogens with one attached hydrogen (secondary N) is 2. The number of hydrogen-bond acceptors (Lipinski definition) is 4. The average molecular weight is 363 g/mol. The molecule has 0 aliphatic heterocycles. The fraction of sp³-hybridized carbons (Fsp3) is 0.222. The van der Waals surface area contributed by atoms with Gasteiger partial charge in [-0.3, -0.25) is 9.59 Å². The van der Waals surface area contributed by atoms with Crippen LogP contribution in [0.3, 0.4) is 0 Å². The van der Waals surface area contributed by atoms with Crippen molar-refractivity contribution in [2.24, 2.45) is 0 Å². The molecule has 132 valence electrons. The summed E-state index contributed by atoms with van der Waals surface area (Å²) in [5.74, 6) is -0.172. The van der Waals surface area contributed by atoms with Crippen LogP contribution in [0.4, 0.5) is 5.69 Å². The first-order valence-electron chi connectivity index (χ1n) is 7.59. The minimum atomic E-state index is -0.727. The van der Waals surface area contributed by atoms with Gasteiger partial charge in [-0.25, -0.2) is 0 Å². The number of anilines is 1. The molecule has 0 bridgehead atoms. The fourth-order valence-electron chi connectivity index (χ4n) is 2.16. The molecule has 0 saturated carbocycles. The van der Waals surface area contributed by atoms with E-state index >= 15 is 0 Å². The molecule has 0 spiro atoms. The predicted molar refractivity (Wildman–Crippen MR) is 96.3 cm³/mol. The summed E-state index contributed by atoms with van der Waals surface area (Å²) < 4.78 is 10.4. The van der Waals surface area contributed by atoms with Crippen LogP contribution in [-0.2, 0) is 16.0 Å². The lowest BCUT2D eigenvalue weighted by Gasteiger charge is -2.10. The van der Waals surface area contributed by atoms with Gasteiger partial charge >= 0.3 is 11.8 Å². The van der Waals surface area contributed by atoms with E-state index in [0.717, 1.165) is 5.56 Å². The van der Waals surface area contributed by atoms with Gasteiger partial charge in [0, 0.05) is 17.3 Å². The van der Waals surface area contributed by atoms with Gasteiger partial charge in [-0.2, -0.15) is 0 Å². The second-order valence-electron chi connectivity index (χ2n) is 5.16. The van der Waals surface area contributed by atoms with E-state index in [4.69, 9.17) is 21.1 Å². The molecule has 0 radical (unpaired) electrons. The molecule has 0 unspecified atom stereocenters. The van der Waals surface area contributed by atoms with Crippen molar-refractivity contribution < 1.29 is 19.1 Å². The van der Waals surface area contributed by atoms with Gasteiger partial charge in [-0.15, -0.1) is 0 Å². The Morgan fingerprint density at radius 1 is 0.960 bits per heavy atom. The molecule has 2 amide bonds. The summed E-state index contributed by atoms with van der Waals surface area (Å²) in [7, 11) is 3.13. The Bertz CT molecular complexity index is 747. The van der Waals surface area contributed by atoms with Crippen LogP contribution in [0.1, 0.15) is 5.56 Å². The van der Waals surface area contributed by atoms with Crippen molar-refractivity contribution in [3.63, 3.8) is 0 Å². The van der Waals surface area contributed by atoms with Gasteiger partial charge < -0.3 is 20.1 Å². The highest BCUT2D eigenvalue weighted by Gasteiger charge is 2.13. The van der Waals surface area contributed by atoms with Crippen LogP contribution >= 0.6 is 11.6 Å². The fourth-order valence-corrected chi connectivity index (χ4v) is 2.28. The molecule has 0 atom stereocenters. The summed E-state index contributed by atoms with van der Waals surface area (Å²) in [5.41, 5.74) is 1.46. The molecule has 6 nitrogen and oxygen atoms in total. The monoisotopic (exact) mass is 362 g/mol. The maximum absolute atomic E-state index is 11.8. The van der Waals surface area contributed by atoms with Crippen molar-refractivity contribution in [1.82, 2.24) is 5.32 Å². The highest BCUT2D eigenvalue weighted by atomic mass is 35.5. The molecule has 25 heavy (non-hydrogen) atoms. The Labute approximate surface area is 151 Å². The highest BCUT2D eigenvalue weighted by molar-refractivity contribution is 6.39. The summed E-state index contributed by atoms with van der Waals surface area (Å²) in [6, 6.07) is 12.0. The zero-order valence-electron chi connectivity index (χ0n) is 14.0. The maximum Gasteiger partial charge on any atom is 0.313 e. The Morgan fingerprint density at radius 3 is 2.28 bits per heavy atom. The van der Waals surface area contributed by atoms with E-state index in [2.05, 4.69) is 10.6 Å². The molecule has 0 saturated heterocycles. The lowest BCUT2D eigenvalue weighted by Crippen LogP contribution is -2.36. The molecular weight excluding hydrogens is 344 g/mol. The van der Waals surface area contributed by atoms with Gasteiger partial charge in [-0.05, 0) is 48.4 Å². The molecule has 0 heterocycles. The van der Waals surface area contributed by atoms with E-state index in [0.29, 0.717) is 35.2 Å². The standard InChI is InChI=1S/C18H19ClN2O4/c1-24-15-8-3-12(11-16(15)25-2)9-10-20-17(22)18(23)21-14-6-4-13(19)5-7-14/h3-8,11H,9-10H2,1-2H3,(H,20,22)(H,21,23). The summed E-state index contributed by atoms with van der Waals surface area (Å²) in [6.45, 7) is 0.322. The van der Waals surface area contributed by atoms with Gasteiger partial charge in [0.2, 0.25) is 0 Å². The molecule has 0 aliphatic carbocycles. The molecular formula is C18H19ClN2O4. The van der Waals surface area contributed by atoms with Crippen molar-refractivity contribution >= 4 is 29.1 Å². The minimum absolute atomic E-state index is 0.322. The Morgan fingerprint density at radius 2 is 1.64 bits per heavy atom. The number of hydrogen-bond donors (Lipinski definition) is 2. The summed E-state index contributed by atoms with van der Waals surface area (Å²) in [6.07, 6.45) is 0.556. The van der Waals surface area contributed by atoms with E-state index in [1.807, 2.05) is 12.1 Å². The summed E-state index contributed by atoms with van der Waals surface area (Å²) in [5, 5.41) is 5.64. The largest absolute Gasteiger partial charge is 0.493 e. The van der Waals surface area contributed by atoms with Crippen LogP contribution in [0.2, 0.25) is 5.02 Å². The van der Waals surface area contributed by atoms with Gasteiger partial charge in [0.25, 0.3) is 0 Å². The van der Waals surface area contributed by atoms with Crippen molar-refractivity contribution in [3.8, 4) is 11.5 Å². The van der Waals surface area contributed by atoms with Crippen LogP contribution in [0.15, 0.2) is 42.5 Å². The predicted octanol–water partition coefficient (Wildman–Crippen LogP) is 2.65. The van der Waals surface area contributed by atoms with Crippen LogP contribution in [0, 0.1) is 0 Å². The first-order chi connectivity index (χ1) is 12.0. The van der Waals surface area contributed by atoms with Crippen molar-refractivity contribution in [2.75, 3.05) is 26.1 Å². The number of methoxy groups -OCH3 is 2. The third kappa shape index (κ3) is 5.39. The average Bonchev–Trinajstić information content (AvgIpc) is 2.63. The van der Waals surface area contributed by atoms with Crippen molar-refractivity contribution in [2.45, 2.75) is 6.42 Å². The lowest BCUT2D eigenvalue weighted by molar-refractivity contribution is -0.136. The van der Waals surface area contributed by atoms with Gasteiger partial charge in [0.1, 0.15) is 0 Å². The number of amides is 2. The number of halogens is 1. The van der Waals surface area contributed by atoms with E-state index in [-0.39, 0.29) is 0 Å². The van der Waals surface area contributed by atoms with E-state index in [9.17, 15) is 9.59 Å². The van der Waals surface area contributed by atoms with Crippen LogP contribution in [0.25, 0.3) is 0 Å². The molecule has 2 N–H and O–H groups in total. The number of rotatable bonds is 6. The third-order valence-corrected chi connectivity index (χ3v) is 3.71. The normalized spacial score (nSPS) is 10.0. The SMILES string of the molecule is COc1ccc(CCNC(=O)C(=O)Nc2ccc(Cl)cc2)cc1OC. The highest BCUT2D eigenvalue weighted by Crippen LogP contribution is 2.27. The van der Waals surface area contributed by atoms with Gasteiger partial charge in [0.05, 0.1) is 14.2 Å². The molecule has 2 aromatic carbocycles. The van der Waals surface area contributed by atoms with Crippen molar-refractivity contribution in [1.29, 1.82) is 0 Å². The second-order valence-corrected chi connectivity index (χ2v) is 5.59. The zero-order chi connectivity index (χ0) is 18.2. The second kappa shape index (κ2) is 8.94. The first kappa shape index (κ1) is 18.6. The maximum atomic E-state index is 11.8. The topological polar surface area (TPSA) is 76.7 Å². The number of carbonyl (C=O) groups excluding carboxylic acids is 2. The van der Waals surface area contributed by atoms with E-state index in [1.165, 1.54) is 0 Å². The Hall–Kier alpha value is -2.73. The Kier molecular flexibility index (Phi) is 6.65. The molecule has 0 aliphatic rings. The smallest absolute Gasteiger partial charge is 0.313 e. The lowest BCUT2D eigenvalue weighted by atomic mass is 10.1. The van der Waals surface area contributed by atoms with E-state index in [1.54, 1.807) is 44.6 Å². The van der Waals surface area contributed by atoms with Crippen LogP contribution < -0.4 is 20.1 Å². The van der Waals surface area contributed by atoms with Crippen molar-refractivity contribution in [3.05, 3.63) is 53.1 Å². The molecule has 2 rings (SSSR count). The van der Waals surface area contributed by atoms with Crippen LogP contribution in [-0.4, -0.2) is 32.6 Å². The first-order valence-corrected chi connectivity index (χ1v) is 7.97. The Balaban J connectivity index is 1.83. The van der Waals surface area contributed by atoms with Gasteiger partial charge in [-0.1, -0.05) is 17.7 Å². The molecule has 0 aromatic heterocycles. The summed E-state index contributed by atoms with van der Waals surface area (Å²) in [4.78, 5) is 23.7. The molecule has 7 heteroatoms. The van der Waals surface area contributed by atoms with E-state index < -0.39 is 11.8 Å². The third-order valence-electron chi connectivity index (χ3n) is 3.46.